The molecule has 37 heavy (non-hydrogen) atoms. The second-order valence-electron chi connectivity index (χ2n) is 11.0. The van der Waals surface area contributed by atoms with Crippen molar-refractivity contribution in [3.63, 3.8) is 0 Å². The van der Waals surface area contributed by atoms with Crippen LogP contribution in [0, 0.1) is 12.8 Å². The van der Waals surface area contributed by atoms with Gasteiger partial charge in [0.15, 0.2) is 5.78 Å². The van der Waals surface area contributed by atoms with E-state index in [1.165, 1.54) is 0 Å². The Hall–Kier alpha value is -3.19. The number of piperidine rings is 1. The highest BCUT2D eigenvalue weighted by atomic mass is 16.5. The first-order valence-electron chi connectivity index (χ1n) is 13.2. The molecule has 4 rings (SSSR count). The van der Waals surface area contributed by atoms with Gasteiger partial charge in [-0.3, -0.25) is 14.3 Å². The maximum Gasteiger partial charge on any atom is 0.253 e. The molecule has 0 aliphatic carbocycles. The summed E-state index contributed by atoms with van der Waals surface area (Å²) in [7, 11) is 1.65. The van der Waals surface area contributed by atoms with Gasteiger partial charge in [-0.25, -0.2) is 0 Å². The highest BCUT2D eigenvalue weighted by molar-refractivity contribution is 6.01. The number of carbonyl (C=O) groups excluding carboxylic acids is 2. The molecule has 7 nitrogen and oxygen atoms in total. The Morgan fingerprint density at radius 2 is 1.76 bits per heavy atom. The van der Waals surface area contributed by atoms with Gasteiger partial charge in [0.05, 0.1) is 5.52 Å². The minimum Gasteiger partial charge on any atom is -0.488 e. The molecule has 1 amide bonds. The van der Waals surface area contributed by atoms with Crippen molar-refractivity contribution in [3.8, 4) is 5.75 Å². The van der Waals surface area contributed by atoms with Gasteiger partial charge in [-0.15, -0.1) is 0 Å². The van der Waals surface area contributed by atoms with Crippen LogP contribution in [0.25, 0.3) is 10.9 Å². The first-order chi connectivity index (χ1) is 17.6. The Bertz CT molecular complexity index is 1230. The number of hydrogen-bond donors (Lipinski definition) is 0. The number of carbonyl (C=O) groups is 2. The summed E-state index contributed by atoms with van der Waals surface area (Å²) in [5, 5.41) is 5.80. The number of aryl methyl sites for hydroxylation is 1. The topological polar surface area (TPSA) is 73.7 Å². The summed E-state index contributed by atoms with van der Waals surface area (Å²) < 4.78 is 12.9. The van der Waals surface area contributed by atoms with E-state index in [9.17, 15) is 9.59 Å². The van der Waals surface area contributed by atoms with Crippen LogP contribution in [0.2, 0.25) is 0 Å². The van der Waals surface area contributed by atoms with Gasteiger partial charge in [-0.2, -0.15) is 5.10 Å². The van der Waals surface area contributed by atoms with Crippen molar-refractivity contribution in [2.45, 2.75) is 65.5 Å². The molecule has 1 saturated heterocycles. The van der Waals surface area contributed by atoms with E-state index in [0.717, 1.165) is 66.7 Å². The van der Waals surface area contributed by atoms with Gasteiger partial charge < -0.3 is 14.4 Å². The Labute approximate surface area is 219 Å². The first kappa shape index (κ1) is 26.9. The number of aromatic nitrogens is 2. The van der Waals surface area contributed by atoms with E-state index in [1.54, 1.807) is 7.11 Å². The fourth-order valence-electron chi connectivity index (χ4n) is 4.97. The smallest absolute Gasteiger partial charge is 0.253 e. The van der Waals surface area contributed by atoms with Crippen LogP contribution in [0.5, 0.6) is 5.75 Å². The Kier molecular flexibility index (Phi) is 8.32. The molecule has 0 bridgehead atoms. The van der Waals surface area contributed by atoms with Crippen molar-refractivity contribution in [2.24, 2.45) is 5.92 Å². The highest BCUT2D eigenvalue weighted by Gasteiger charge is 2.25. The van der Waals surface area contributed by atoms with E-state index in [4.69, 9.17) is 14.6 Å². The average molecular weight is 506 g/mol. The molecule has 1 aliphatic heterocycles. The third-order valence-electron chi connectivity index (χ3n) is 6.93. The van der Waals surface area contributed by atoms with Crippen LogP contribution in [0.15, 0.2) is 42.6 Å². The van der Waals surface area contributed by atoms with E-state index in [1.807, 2.05) is 73.7 Å². The second kappa shape index (κ2) is 11.5. The number of nitrogens with zero attached hydrogens (tertiary/aromatic N) is 3. The zero-order valence-corrected chi connectivity index (χ0v) is 22.8. The number of amides is 1. The average Bonchev–Trinajstić information content (AvgIpc) is 3.27. The van der Waals surface area contributed by atoms with Crippen molar-refractivity contribution in [2.75, 3.05) is 26.8 Å². The molecule has 0 radical (unpaired) electrons. The van der Waals surface area contributed by atoms with E-state index >= 15 is 0 Å². The Balaban J connectivity index is 1.33. The Morgan fingerprint density at radius 1 is 1.05 bits per heavy atom. The maximum atomic E-state index is 13.0. The minimum absolute atomic E-state index is 0.0731. The van der Waals surface area contributed by atoms with E-state index in [2.05, 4.69) is 6.20 Å². The van der Waals surface area contributed by atoms with Crippen molar-refractivity contribution >= 4 is 22.6 Å². The molecule has 0 saturated carbocycles. The van der Waals surface area contributed by atoms with Crippen LogP contribution in [0.3, 0.4) is 0 Å². The molecule has 0 atom stereocenters. The number of methoxy groups -OCH3 is 1. The normalized spacial score (nSPS) is 14.8. The zero-order chi connectivity index (χ0) is 26.6. The lowest BCUT2D eigenvalue weighted by atomic mass is 9.96. The van der Waals surface area contributed by atoms with Crippen LogP contribution in [-0.2, 0) is 11.3 Å². The third kappa shape index (κ3) is 6.77. The maximum absolute atomic E-state index is 13.0. The number of benzene rings is 2. The molecule has 2 aromatic carbocycles. The van der Waals surface area contributed by atoms with Crippen LogP contribution >= 0.6 is 0 Å². The summed E-state index contributed by atoms with van der Waals surface area (Å²) in [6.45, 7) is 10.9. The van der Waals surface area contributed by atoms with Crippen LogP contribution in [-0.4, -0.2) is 58.8 Å². The largest absolute Gasteiger partial charge is 0.488 e. The Morgan fingerprint density at radius 3 is 2.41 bits per heavy atom. The second-order valence-corrected chi connectivity index (χ2v) is 11.0. The van der Waals surface area contributed by atoms with Crippen molar-refractivity contribution in [3.05, 3.63) is 59.3 Å². The molecule has 1 fully saturated rings. The van der Waals surface area contributed by atoms with E-state index in [0.29, 0.717) is 24.5 Å². The molecule has 0 unspecified atom stereocenters. The molecule has 1 aliphatic rings. The lowest BCUT2D eigenvalue weighted by Crippen LogP contribution is -2.39. The lowest BCUT2D eigenvalue weighted by molar-refractivity contribution is 0.0681. The van der Waals surface area contributed by atoms with Crippen LogP contribution in [0.1, 0.15) is 72.7 Å². The summed E-state index contributed by atoms with van der Waals surface area (Å²) >= 11 is 0. The number of likely N-dealkylation sites (tertiary alicyclic amines) is 1. The zero-order valence-electron chi connectivity index (χ0n) is 22.8. The number of Topliss-reactive ketones (excluding diaryl/α,β-unsaturated/α-hetero) is 1. The highest BCUT2D eigenvalue weighted by Crippen LogP contribution is 2.26. The third-order valence-corrected chi connectivity index (χ3v) is 6.93. The lowest BCUT2D eigenvalue weighted by Gasteiger charge is -2.32. The van der Waals surface area contributed by atoms with Gasteiger partial charge in [0.2, 0.25) is 0 Å². The molecular weight excluding hydrogens is 466 g/mol. The molecule has 3 aromatic rings. The molecule has 1 aromatic heterocycles. The van der Waals surface area contributed by atoms with E-state index in [-0.39, 0.29) is 17.3 Å². The fourth-order valence-corrected chi connectivity index (χ4v) is 4.97. The van der Waals surface area contributed by atoms with Gasteiger partial charge in [0.1, 0.15) is 11.4 Å². The van der Waals surface area contributed by atoms with Gasteiger partial charge in [-0.1, -0.05) is 0 Å². The summed E-state index contributed by atoms with van der Waals surface area (Å²) in [4.78, 5) is 27.6. The predicted molar refractivity (Wildman–Crippen MR) is 145 cm³/mol. The fraction of sp³-hybridized carbons (Fsp3) is 0.500. The van der Waals surface area contributed by atoms with Gasteiger partial charge in [-0.05, 0) is 94.8 Å². The molecule has 198 valence electrons. The first-order valence-corrected chi connectivity index (χ1v) is 13.2. The summed E-state index contributed by atoms with van der Waals surface area (Å²) in [5.74, 6) is 1.45. The number of ketones is 1. The summed E-state index contributed by atoms with van der Waals surface area (Å²) in [6, 6.07) is 11.3. The van der Waals surface area contributed by atoms with E-state index < -0.39 is 0 Å². The van der Waals surface area contributed by atoms with Crippen LogP contribution < -0.4 is 4.74 Å². The monoisotopic (exact) mass is 505 g/mol. The van der Waals surface area contributed by atoms with Crippen LogP contribution in [0.4, 0.5) is 0 Å². The minimum atomic E-state index is -0.268. The number of ether oxygens (including phenoxy) is 2. The quantitative estimate of drug-likeness (QED) is 0.276. The van der Waals surface area contributed by atoms with Gasteiger partial charge >= 0.3 is 0 Å². The number of hydrogen-bond acceptors (Lipinski definition) is 5. The number of fused-ring (bicyclic) bond motifs is 1. The SMILES string of the molecule is COCCCC(=O)c1ccc2nn(CC3CCN(C(=O)c4ccc(OC(C)(C)C)cc4)CC3)cc2c1C. The molecule has 0 spiro atoms. The molecule has 2 heterocycles. The standard InChI is InChI=1S/C30H39N3O4/c1-21-25(28(34)7-6-18-36-5)12-13-27-26(21)20-33(31-27)19-22-14-16-32(17-15-22)29(35)23-8-10-24(11-9-23)37-30(2,3)4/h8-13,20,22H,6-7,14-19H2,1-5H3. The number of rotatable bonds is 9. The molecule has 0 N–H and O–H groups in total. The molecular formula is C30H39N3O4. The van der Waals surface area contributed by atoms with Crippen molar-refractivity contribution < 1.29 is 19.1 Å². The molecule has 7 heteroatoms. The van der Waals surface area contributed by atoms with Crippen molar-refractivity contribution in [1.82, 2.24) is 14.7 Å². The van der Waals surface area contributed by atoms with Gasteiger partial charge in [0, 0.05) is 62.5 Å². The predicted octanol–water partition coefficient (Wildman–Crippen LogP) is 5.68. The summed E-state index contributed by atoms with van der Waals surface area (Å²) in [6.07, 6.45) is 5.16. The van der Waals surface area contributed by atoms with Gasteiger partial charge in [0.25, 0.3) is 5.91 Å². The van der Waals surface area contributed by atoms with Crippen molar-refractivity contribution in [1.29, 1.82) is 0 Å². The summed E-state index contributed by atoms with van der Waals surface area (Å²) in [5.41, 5.74) is 3.10.